The smallest absolute Gasteiger partial charge is 0.0705 e. The molecule has 0 aromatic carbocycles. The summed E-state index contributed by atoms with van der Waals surface area (Å²) in [5.41, 5.74) is 5.90. The average Bonchev–Trinajstić information content (AvgIpc) is 2.49. The Bertz CT molecular complexity index is 437. The summed E-state index contributed by atoms with van der Waals surface area (Å²) < 4.78 is 6.28. The molecule has 0 radical (unpaired) electrons. The van der Waals surface area contributed by atoms with Gasteiger partial charge in [0, 0.05) is 12.8 Å². The molecule has 4 heteroatoms. The molecule has 0 heterocycles. The van der Waals surface area contributed by atoms with E-state index in [1.165, 1.54) is 31.9 Å². The van der Waals surface area contributed by atoms with Gasteiger partial charge in [0.05, 0.1) is 18.8 Å². The number of fused-ring (bicyclic) bond motifs is 2. The average molecular weight is 322 g/mol. The molecule has 2 bridgehead atoms. The number of rotatable bonds is 8. The van der Waals surface area contributed by atoms with Crippen molar-refractivity contribution in [3.8, 4) is 0 Å². The molecule has 2 aliphatic carbocycles. The summed E-state index contributed by atoms with van der Waals surface area (Å²) in [6.45, 7) is 6.07. The van der Waals surface area contributed by atoms with Crippen LogP contribution in [0.3, 0.4) is 0 Å². The zero-order valence-electron chi connectivity index (χ0n) is 14.9. The van der Waals surface area contributed by atoms with E-state index in [4.69, 9.17) is 10.5 Å². The first-order valence-corrected chi connectivity index (χ1v) is 9.13. The Morgan fingerprint density at radius 2 is 2.09 bits per heavy atom. The Balaban J connectivity index is 2.22. The fourth-order valence-electron chi connectivity index (χ4n) is 5.41. The Hall–Kier alpha value is -0.870. The molecular formula is C19H34N2O2. The van der Waals surface area contributed by atoms with Crippen LogP contribution in [0.1, 0.15) is 65.2 Å². The standard InChI is InChI=1S/C19H34N2O2/c1-3-6-19(23-12-11-22)14-17(2)7-4-8-18(13-17,15-19)16-21-10-5-9-20/h5,9-10,22H,3-4,6-8,11-16,20H2,1-2H3. The van der Waals surface area contributed by atoms with Crippen molar-refractivity contribution in [3.05, 3.63) is 12.3 Å². The number of allylic oxidation sites excluding steroid dienone is 1. The summed E-state index contributed by atoms with van der Waals surface area (Å²) in [6.07, 6.45) is 14.6. The number of hydrogen-bond donors (Lipinski definition) is 2. The van der Waals surface area contributed by atoms with Crippen molar-refractivity contribution in [1.82, 2.24) is 0 Å². The van der Waals surface area contributed by atoms with Crippen LogP contribution in [0.2, 0.25) is 0 Å². The van der Waals surface area contributed by atoms with Crippen molar-refractivity contribution >= 4 is 6.21 Å². The summed E-state index contributed by atoms with van der Waals surface area (Å²) >= 11 is 0. The predicted octanol–water partition coefficient (Wildman–Crippen LogP) is 3.44. The quantitative estimate of drug-likeness (QED) is 0.673. The van der Waals surface area contributed by atoms with Gasteiger partial charge in [0.15, 0.2) is 0 Å². The van der Waals surface area contributed by atoms with E-state index < -0.39 is 0 Å². The molecule has 0 spiro atoms. The van der Waals surface area contributed by atoms with Crippen LogP contribution < -0.4 is 5.73 Å². The molecule has 132 valence electrons. The maximum Gasteiger partial charge on any atom is 0.0705 e. The van der Waals surface area contributed by atoms with Crippen LogP contribution in [-0.2, 0) is 4.74 Å². The van der Waals surface area contributed by atoms with Gasteiger partial charge >= 0.3 is 0 Å². The third-order valence-electron chi connectivity index (χ3n) is 5.67. The number of aliphatic hydroxyl groups excluding tert-OH is 1. The lowest BCUT2D eigenvalue weighted by atomic mass is 9.51. The summed E-state index contributed by atoms with van der Waals surface area (Å²) in [5, 5.41) is 9.24. The minimum Gasteiger partial charge on any atom is -0.405 e. The van der Waals surface area contributed by atoms with Gasteiger partial charge in [-0.2, -0.15) is 0 Å². The first kappa shape index (κ1) is 18.5. The van der Waals surface area contributed by atoms with Crippen LogP contribution in [0.15, 0.2) is 17.3 Å². The lowest BCUT2D eigenvalue weighted by Gasteiger charge is -2.58. The lowest BCUT2D eigenvalue weighted by Crippen LogP contribution is -2.53. The normalized spacial score (nSPS) is 37.7. The van der Waals surface area contributed by atoms with Crippen LogP contribution in [0.4, 0.5) is 0 Å². The highest BCUT2D eigenvalue weighted by Gasteiger charge is 2.54. The van der Waals surface area contributed by atoms with Crippen LogP contribution in [0.5, 0.6) is 0 Å². The molecule has 3 N–H and O–H groups in total. The zero-order valence-corrected chi connectivity index (χ0v) is 14.9. The van der Waals surface area contributed by atoms with Crippen LogP contribution in [0, 0.1) is 10.8 Å². The van der Waals surface area contributed by atoms with Gasteiger partial charge in [0.1, 0.15) is 0 Å². The van der Waals surface area contributed by atoms with E-state index in [0.29, 0.717) is 12.0 Å². The first-order chi connectivity index (χ1) is 11.0. The second kappa shape index (κ2) is 7.80. The van der Waals surface area contributed by atoms with Gasteiger partial charge in [-0.05, 0) is 61.6 Å². The number of nitrogens with zero attached hydrogens (tertiary/aromatic N) is 1. The highest BCUT2D eigenvalue weighted by Crippen LogP contribution is 2.60. The van der Waals surface area contributed by atoms with Gasteiger partial charge in [0.25, 0.3) is 0 Å². The Morgan fingerprint density at radius 1 is 1.26 bits per heavy atom. The Kier molecular flexibility index (Phi) is 6.26. The fourth-order valence-corrected chi connectivity index (χ4v) is 5.41. The molecule has 0 aromatic rings. The van der Waals surface area contributed by atoms with Crippen molar-refractivity contribution in [2.45, 2.75) is 70.8 Å². The molecule has 0 saturated heterocycles. The van der Waals surface area contributed by atoms with Crippen LogP contribution >= 0.6 is 0 Å². The van der Waals surface area contributed by atoms with Gasteiger partial charge < -0.3 is 15.6 Å². The van der Waals surface area contributed by atoms with Crippen molar-refractivity contribution < 1.29 is 9.84 Å². The van der Waals surface area contributed by atoms with Gasteiger partial charge in [-0.1, -0.05) is 26.7 Å². The van der Waals surface area contributed by atoms with E-state index in [9.17, 15) is 5.11 Å². The molecule has 2 saturated carbocycles. The summed E-state index contributed by atoms with van der Waals surface area (Å²) in [6, 6.07) is 0. The third-order valence-corrected chi connectivity index (χ3v) is 5.67. The SMILES string of the molecule is CCCC1(OCCO)CC2(C)CCCC(CN=CC=CN)(C2)C1. The molecule has 3 unspecified atom stereocenters. The molecule has 0 aliphatic heterocycles. The first-order valence-electron chi connectivity index (χ1n) is 9.13. The molecule has 2 rings (SSSR count). The van der Waals surface area contributed by atoms with E-state index >= 15 is 0 Å². The van der Waals surface area contributed by atoms with Gasteiger partial charge in [-0.15, -0.1) is 0 Å². The van der Waals surface area contributed by atoms with Crippen molar-refractivity contribution in [2.75, 3.05) is 19.8 Å². The second-order valence-electron chi connectivity index (χ2n) is 8.07. The molecule has 23 heavy (non-hydrogen) atoms. The van der Waals surface area contributed by atoms with E-state index in [1.807, 2.05) is 6.21 Å². The molecule has 4 nitrogen and oxygen atoms in total. The predicted molar refractivity (Wildman–Crippen MR) is 95.6 cm³/mol. The van der Waals surface area contributed by atoms with E-state index in [1.54, 1.807) is 6.08 Å². The monoisotopic (exact) mass is 322 g/mol. The third kappa shape index (κ3) is 4.57. The molecule has 0 aromatic heterocycles. The van der Waals surface area contributed by atoms with Gasteiger partial charge in [0.2, 0.25) is 0 Å². The fraction of sp³-hybridized carbons (Fsp3) is 0.842. The lowest BCUT2D eigenvalue weighted by molar-refractivity contribution is -0.163. The topological polar surface area (TPSA) is 67.8 Å². The zero-order chi connectivity index (χ0) is 16.8. The van der Waals surface area contributed by atoms with E-state index in [2.05, 4.69) is 18.8 Å². The molecular weight excluding hydrogens is 288 g/mol. The molecule has 2 fully saturated rings. The van der Waals surface area contributed by atoms with Crippen LogP contribution in [0.25, 0.3) is 0 Å². The Labute approximate surface area is 141 Å². The second-order valence-corrected chi connectivity index (χ2v) is 8.07. The summed E-state index contributed by atoms with van der Waals surface area (Å²) in [4.78, 5) is 4.64. The largest absolute Gasteiger partial charge is 0.405 e. The number of ether oxygens (including phenoxy) is 1. The number of nitrogens with two attached hydrogens (primary N) is 1. The van der Waals surface area contributed by atoms with Crippen LogP contribution in [-0.4, -0.2) is 36.7 Å². The number of aliphatic hydroxyl groups is 1. The summed E-state index contributed by atoms with van der Waals surface area (Å²) in [5.74, 6) is 0. The maximum atomic E-state index is 9.24. The van der Waals surface area contributed by atoms with Crippen molar-refractivity contribution in [2.24, 2.45) is 21.6 Å². The van der Waals surface area contributed by atoms with Crippen molar-refractivity contribution in [3.63, 3.8) is 0 Å². The van der Waals surface area contributed by atoms with Crippen molar-refractivity contribution in [1.29, 1.82) is 0 Å². The summed E-state index contributed by atoms with van der Waals surface area (Å²) in [7, 11) is 0. The minimum absolute atomic E-state index is 0.0792. The maximum absolute atomic E-state index is 9.24. The Morgan fingerprint density at radius 3 is 2.78 bits per heavy atom. The van der Waals surface area contributed by atoms with E-state index in [0.717, 1.165) is 32.2 Å². The van der Waals surface area contributed by atoms with Gasteiger partial charge in [-0.25, -0.2) is 0 Å². The minimum atomic E-state index is -0.0792. The highest BCUT2D eigenvalue weighted by molar-refractivity contribution is 5.70. The number of aliphatic imine (C=N–C) groups is 1. The molecule has 2 aliphatic rings. The van der Waals surface area contributed by atoms with E-state index in [-0.39, 0.29) is 17.6 Å². The van der Waals surface area contributed by atoms with Gasteiger partial charge in [-0.3, -0.25) is 4.99 Å². The number of hydrogen-bond acceptors (Lipinski definition) is 4. The molecule has 0 amide bonds. The highest BCUT2D eigenvalue weighted by atomic mass is 16.5. The molecule has 3 atom stereocenters.